The lowest BCUT2D eigenvalue weighted by Crippen LogP contribution is -2.43. The fourth-order valence-electron chi connectivity index (χ4n) is 3.27. The summed E-state index contributed by atoms with van der Waals surface area (Å²) < 4.78 is 8.53. The SMILES string of the molecule is O=C(N[C@H]1COc2ccccc2C1)c1nn2c(c1Br)CCCC2. The highest BCUT2D eigenvalue weighted by atomic mass is 79.9. The molecule has 23 heavy (non-hydrogen) atoms. The molecule has 0 saturated carbocycles. The first-order chi connectivity index (χ1) is 11.2. The van der Waals surface area contributed by atoms with Crippen LogP contribution < -0.4 is 10.1 Å². The number of amides is 1. The zero-order valence-electron chi connectivity index (χ0n) is 12.7. The Balaban J connectivity index is 1.50. The number of aryl methyl sites for hydroxylation is 1. The van der Waals surface area contributed by atoms with Crippen molar-refractivity contribution in [2.24, 2.45) is 0 Å². The van der Waals surface area contributed by atoms with Gasteiger partial charge in [0.05, 0.1) is 16.2 Å². The van der Waals surface area contributed by atoms with Gasteiger partial charge in [-0.25, -0.2) is 0 Å². The maximum atomic E-state index is 12.6. The average Bonchev–Trinajstić information content (AvgIpc) is 2.92. The van der Waals surface area contributed by atoms with Gasteiger partial charge in [-0.3, -0.25) is 9.48 Å². The molecule has 1 amide bonds. The number of nitrogens with zero attached hydrogens (tertiary/aromatic N) is 2. The number of ether oxygens (including phenoxy) is 1. The molecule has 0 fully saturated rings. The fraction of sp³-hybridized carbons (Fsp3) is 0.412. The Hall–Kier alpha value is -1.82. The van der Waals surface area contributed by atoms with Crippen molar-refractivity contribution in [3.63, 3.8) is 0 Å². The van der Waals surface area contributed by atoms with Crippen molar-refractivity contribution in [1.29, 1.82) is 0 Å². The van der Waals surface area contributed by atoms with E-state index in [2.05, 4.69) is 26.3 Å². The molecule has 2 aliphatic heterocycles. The van der Waals surface area contributed by atoms with E-state index in [4.69, 9.17) is 4.74 Å². The molecule has 120 valence electrons. The van der Waals surface area contributed by atoms with Crippen LogP contribution in [0.5, 0.6) is 5.75 Å². The number of para-hydroxylation sites is 1. The van der Waals surface area contributed by atoms with Crippen LogP contribution in [-0.4, -0.2) is 28.3 Å². The monoisotopic (exact) mass is 375 g/mol. The van der Waals surface area contributed by atoms with Crippen molar-refractivity contribution in [2.45, 2.75) is 38.3 Å². The predicted molar refractivity (Wildman–Crippen MR) is 89.8 cm³/mol. The number of fused-ring (bicyclic) bond motifs is 2. The molecule has 0 spiro atoms. The summed E-state index contributed by atoms with van der Waals surface area (Å²) in [4.78, 5) is 12.6. The van der Waals surface area contributed by atoms with Crippen molar-refractivity contribution in [3.05, 3.63) is 45.7 Å². The second-order valence-corrected chi connectivity index (χ2v) is 6.88. The van der Waals surface area contributed by atoms with Gasteiger partial charge in [-0.15, -0.1) is 0 Å². The first kappa shape index (κ1) is 14.8. The van der Waals surface area contributed by atoms with Gasteiger partial charge >= 0.3 is 0 Å². The quantitative estimate of drug-likeness (QED) is 0.877. The third-order valence-corrected chi connectivity index (χ3v) is 5.29. The van der Waals surface area contributed by atoms with Gasteiger partial charge in [0.2, 0.25) is 0 Å². The maximum Gasteiger partial charge on any atom is 0.273 e. The van der Waals surface area contributed by atoms with E-state index in [1.807, 2.05) is 28.9 Å². The molecular weight excluding hydrogens is 358 g/mol. The highest BCUT2D eigenvalue weighted by Crippen LogP contribution is 2.27. The van der Waals surface area contributed by atoms with Gasteiger partial charge < -0.3 is 10.1 Å². The largest absolute Gasteiger partial charge is 0.491 e. The van der Waals surface area contributed by atoms with Crippen molar-refractivity contribution in [2.75, 3.05) is 6.61 Å². The number of rotatable bonds is 2. The molecule has 3 heterocycles. The smallest absolute Gasteiger partial charge is 0.273 e. The Labute approximate surface area is 143 Å². The number of aromatic nitrogens is 2. The molecule has 5 nitrogen and oxygen atoms in total. The van der Waals surface area contributed by atoms with Gasteiger partial charge in [0, 0.05) is 6.54 Å². The van der Waals surface area contributed by atoms with E-state index in [0.29, 0.717) is 12.3 Å². The number of carbonyl (C=O) groups is 1. The topological polar surface area (TPSA) is 56.1 Å². The number of benzene rings is 1. The van der Waals surface area contributed by atoms with Crippen LogP contribution in [0.25, 0.3) is 0 Å². The van der Waals surface area contributed by atoms with Crippen LogP contribution in [0, 0.1) is 0 Å². The van der Waals surface area contributed by atoms with Crippen LogP contribution in [-0.2, 0) is 19.4 Å². The first-order valence-electron chi connectivity index (χ1n) is 7.99. The summed E-state index contributed by atoms with van der Waals surface area (Å²) in [6.45, 7) is 1.38. The standard InChI is InChI=1S/C17H18BrN3O2/c18-15-13-6-3-4-8-21(13)20-16(15)17(22)19-12-9-11-5-1-2-7-14(11)23-10-12/h1-2,5,7,12H,3-4,6,8-10H2,(H,19,22)/t12-/m1/s1. The summed E-state index contributed by atoms with van der Waals surface area (Å²) in [5.41, 5.74) is 2.75. The van der Waals surface area contributed by atoms with E-state index >= 15 is 0 Å². The molecular formula is C17H18BrN3O2. The summed E-state index contributed by atoms with van der Waals surface area (Å²) in [5.74, 6) is 0.781. The fourth-order valence-corrected chi connectivity index (χ4v) is 3.93. The lowest BCUT2D eigenvalue weighted by atomic mass is 10.0. The number of carbonyl (C=O) groups excluding carboxylic acids is 1. The predicted octanol–water partition coefficient (Wildman–Crippen LogP) is 2.72. The Kier molecular flexibility index (Phi) is 3.85. The zero-order valence-corrected chi connectivity index (χ0v) is 14.3. The highest BCUT2D eigenvalue weighted by Gasteiger charge is 2.26. The van der Waals surface area contributed by atoms with Gasteiger partial charge in [0.15, 0.2) is 5.69 Å². The van der Waals surface area contributed by atoms with Crippen molar-refractivity contribution >= 4 is 21.8 Å². The third kappa shape index (κ3) is 2.76. The first-order valence-corrected chi connectivity index (χ1v) is 8.78. The van der Waals surface area contributed by atoms with E-state index in [1.54, 1.807) is 0 Å². The van der Waals surface area contributed by atoms with E-state index in [1.165, 1.54) is 0 Å². The van der Waals surface area contributed by atoms with E-state index in [-0.39, 0.29) is 11.9 Å². The minimum Gasteiger partial charge on any atom is -0.491 e. The Morgan fingerprint density at radius 1 is 1.35 bits per heavy atom. The molecule has 2 aliphatic rings. The Bertz CT molecular complexity index is 756. The van der Waals surface area contributed by atoms with Gasteiger partial charge in [0.25, 0.3) is 5.91 Å². The third-order valence-electron chi connectivity index (χ3n) is 4.46. The lowest BCUT2D eigenvalue weighted by Gasteiger charge is -2.25. The van der Waals surface area contributed by atoms with Crippen LogP contribution in [0.1, 0.15) is 34.6 Å². The van der Waals surface area contributed by atoms with Gasteiger partial charge in [-0.2, -0.15) is 5.10 Å². The van der Waals surface area contributed by atoms with Gasteiger partial charge in [0.1, 0.15) is 12.4 Å². The van der Waals surface area contributed by atoms with E-state index in [9.17, 15) is 4.79 Å². The van der Waals surface area contributed by atoms with Crippen LogP contribution in [0.15, 0.2) is 28.7 Å². The Morgan fingerprint density at radius 2 is 2.22 bits per heavy atom. The summed E-state index contributed by atoms with van der Waals surface area (Å²) in [7, 11) is 0. The molecule has 0 unspecified atom stereocenters. The zero-order chi connectivity index (χ0) is 15.8. The minimum absolute atomic E-state index is 0.0250. The molecule has 1 aromatic carbocycles. The van der Waals surface area contributed by atoms with Crippen molar-refractivity contribution in [1.82, 2.24) is 15.1 Å². The number of nitrogens with one attached hydrogen (secondary N) is 1. The second kappa shape index (κ2) is 6.00. The van der Waals surface area contributed by atoms with Crippen LogP contribution >= 0.6 is 15.9 Å². The normalized spacial score (nSPS) is 19.4. The molecule has 0 bridgehead atoms. The number of halogens is 1. The number of hydrogen-bond donors (Lipinski definition) is 1. The van der Waals surface area contributed by atoms with Crippen molar-refractivity contribution < 1.29 is 9.53 Å². The highest BCUT2D eigenvalue weighted by molar-refractivity contribution is 9.10. The summed E-state index contributed by atoms with van der Waals surface area (Å²) >= 11 is 3.55. The van der Waals surface area contributed by atoms with Crippen LogP contribution in [0.3, 0.4) is 0 Å². The molecule has 1 atom stereocenters. The van der Waals surface area contributed by atoms with Crippen LogP contribution in [0.4, 0.5) is 0 Å². The lowest BCUT2D eigenvalue weighted by molar-refractivity contribution is 0.0908. The molecule has 1 N–H and O–H groups in total. The summed E-state index contributed by atoms with van der Waals surface area (Å²) in [6, 6.07) is 7.94. The summed E-state index contributed by atoms with van der Waals surface area (Å²) in [6.07, 6.45) is 4.03. The second-order valence-electron chi connectivity index (χ2n) is 6.08. The molecule has 4 rings (SSSR count). The van der Waals surface area contributed by atoms with Gasteiger partial charge in [-0.05, 0) is 53.2 Å². The molecule has 0 aliphatic carbocycles. The number of hydrogen-bond acceptors (Lipinski definition) is 3. The molecule has 0 saturated heterocycles. The molecule has 2 aromatic rings. The minimum atomic E-state index is -0.133. The molecule has 0 radical (unpaired) electrons. The molecule has 6 heteroatoms. The van der Waals surface area contributed by atoms with E-state index in [0.717, 1.165) is 53.7 Å². The Morgan fingerprint density at radius 3 is 3.09 bits per heavy atom. The summed E-state index contributed by atoms with van der Waals surface area (Å²) in [5, 5.41) is 7.53. The average molecular weight is 376 g/mol. The maximum absolute atomic E-state index is 12.6. The van der Waals surface area contributed by atoms with Crippen molar-refractivity contribution in [3.8, 4) is 5.75 Å². The van der Waals surface area contributed by atoms with E-state index < -0.39 is 0 Å². The van der Waals surface area contributed by atoms with Gasteiger partial charge in [-0.1, -0.05) is 18.2 Å². The van der Waals surface area contributed by atoms with Crippen LogP contribution in [0.2, 0.25) is 0 Å². The molecule has 1 aromatic heterocycles.